The molecule has 0 saturated carbocycles. The van der Waals surface area contributed by atoms with Crippen molar-refractivity contribution in [2.24, 2.45) is 5.73 Å². The average molecular weight is 282 g/mol. The molecule has 110 valence electrons. The third kappa shape index (κ3) is 3.67. The van der Waals surface area contributed by atoms with Gasteiger partial charge in [0.25, 0.3) is 0 Å². The van der Waals surface area contributed by atoms with Crippen LogP contribution in [0.5, 0.6) is 5.75 Å². The number of rotatable bonds is 6. The smallest absolute Gasteiger partial charge is 0.329 e. The maximum Gasteiger partial charge on any atom is 0.329 e. The van der Waals surface area contributed by atoms with E-state index >= 15 is 0 Å². The first-order valence-corrected chi connectivity index (χ1v) is 6.12. The Kier molecular flexibility index (Phi) is 5.04. The second kappa shape index (κ2) is 6.33. The highest BCUT2D eigenvalue weighted by Crippen LogP contribution is 2.30. The number of ether oxygens (including phenoxy) is 2. The van der Waals surface area contributed by atoms with Crippen molar-refractivity contribution in [2.45, 2.75) is 26.3 Å². The van der Waals surface area contributed by atoms with Gasteiger partial charge in [0.2, 0.25) is 0 Å². The highest BCUT2D eigenvalue weighted by molar-refractivity contribution is 5.80. The van der Waals surface area contributed by atoms with E-state index in [4.69, 9.17) is 15.2 Å². The summed E-state index contributed by atoms with van der Waals surface area (Å²) in [6.07, 6.45) is 0. The van der Waals surface area contributed by atoms with Crippen LogP contribution in [0, 0.1) is 17.0 Å². The van der Waals surface area contributed by atoms with Gasteiger partial charge in [0.15, 0.2) is 5.75 Å². The Balaban J connectivity index is 2.90. The van der Waals surface area contributed by atoms with Gasteiger partial charge in [-0.1, -0.05) is 12.1 Å². The van der Waals surface area contributed by atoms with E-state index in [-0.39, 0.29) is 24.7 Å². The van der Waals surface area contributed by atoms with Gasteiger partial charge in [-0.2, -0.15) is 0 Å². The first kappa shape index (κ1) is 15.9. The number of nitrogens with zero attached hydrogens (tertiary/aromatic N) is 1. The standard InChI is InChI=1S/C13H18N2O5/c1-4-19-12(16)13(3,14)8-20-11-9(2)6-5-7-10(11)15(17)18/h5-7H,4,8,14H2,1-3H3. The van der Waals surface area contributed by atoms with Gasteiger partial charge < -0.3 is 15.2 Å². The highest BCUT2D eigenvalue weighted by Gasteiger charge is 2.32. The average Bonchev–Trinajstić information content (AvgIpc) is 2.37. The number of nitro groups is 1. The topological polar surface area (TPSA) is 105 Å². The third-order valence-corrected chi connectivity index (χ3v) is 2.65. The fourth-order valence-corrected chi connectivity index (χ4v) is 1.55. The molecule has 0 aliphatic carbocycles. The van der Waals surface area contributed by atoms with Crippen LogP contribution in [0.4, 0.5) is 5.69 Å². The Labute approximate surface area is 116 Å². The number of para-hydroxylation sites is 1. The van der Waals surface area contributed by atoms with E-state index < -0.39 is 16.4 Å². The van der Waals surface area contributed by atoms with E-state index in [1.807, 2.05) is 0 Å². The maximum atomic E-state index is 11.6. The van der Waals surface area contributed by atoms with E-state index in [0.717, 1.165) is 0 Å². The van der Waals surface area contributed by atoms with Crippen LogP contribution in [0.25, 0.3) is 0 Å². The summed E-state index contributed by atoms with van der Waals surface area (Å²) in [5.41, 5.74) is 4.87. The summed E-state index contributed by atoms with van der Waals surface area (Å²) in [7, 11) is 0. The molecule has 0 aliphatic rings. The van der Waals surface area contributed by atoms with Gasteiger partial charge in [-0.15, -0.1) is 0 Å². The molecule has 0 heterocycles. The molecular weight excluding hydrogens is 264 g/mol. The minimum Gasteiger partial charge on any atom is -0.484 e. The summed E-state index contributed by atoms with van der Waals surface area (Å²) in [5.74, 6) is -0.505. The predicted octanol–water partition coefficient (Wildman–Crippen LogP) is 1.56. The maximum absolute atomic E-state index is 11.6. The Morgan fingerprint density at radius 2 is 2.15 bits per heavy atom. The van der Waals surface area contributed by atoms with Gasteiger partial charge >= 0.3 is 11.7 Å². The van der Waals surface area contributed by atoms with Crippen LogP contribution in [0.15, 0.2) is 18.2 Å². The number of carbonyl (C=O) groups is 1. The second-order valence-corrected chi connectivity index (χ2v) is 4.61. The summed E-state index contributed by atoms with van der Waals surface area (Å²) < 4.78 is 10.2. The van der Waals surface area contributed by atoms with Crippen molar-refractivity contribution < 1.29 is 19.2 Å². The molecular formula is C13H18N2O5. The lowest BCUT2D eigenvalue weighted by atomic mass is 10.1. The quantitative estimate of drug-likeness (QED) is 0.482. The molecule has 0 fully saturated rings. The first-order chi connectivity index (χ1) is 9.29. The Bertz CT molecular complexity index is 513. The molecule has 1 unspecified atom stereocenters. The van der Waals surface area contributed by atoms with Gasteiger partial charge in [0.1, 0.15) is 12.1 Å². The van der Waals surface area contributed by atoms with Crippen molar-refractivity contribution in [3.63, 3.8) is 0 Å². The molecule has 0 spiro atoms. The number of carbonyl (C=O) groups excluding carboxylic acids is 1. The molecule has 7 heteroatoms. The summed E-state index contributed by atoms with van der Waals surface area (Å²) in [4.78, 5) is 22.0. The Morgan fingerprint density at radius 1 is 1.50 bits per heavy atom. The van der Waals surface area contributed by atoms with Crippen molar-refractivity contribution in [3.8, 4) is 5.75 Å². The molecule has 0 bridgehead atoms. The molecule has 0 amide bonds. The predicted molar refractivity (Wildman–Crippen MR) is 72.6 cm³/mol. The zero-order valence-electron chi connectivity index (χ0n) is 11.7. The van der Waals surface area contributed by atoms with Gasteiger partial charge in [-0.05, 0) is 26.3 Å². The second-order valence-electron chi connectivity index (χ2n) is 4.61. The normalized spacial score (nSPS) is 13.4. The van der Waals surface area contributed by atoms with Crippen LogP contribution < -0.4 is 10.5 Å². The van der Waals surface area contributed by atoms with E-state index in [1.165, 1.54) is 13.0 Å². The molecule has 0 aromatic heterocycles. The molecule has 2 N–H and O–H groups in total. The van der Waals surface area contributed by atoms with Crippen LogP contribution in [-0.4, -0.2) is 29.6 Å². The lowest BCUT2D eigenvalue weighted by molar-refractivity contribution is -0.386. The van der Waals surface area contributed by atoms with Crippen molar-refractivity contribution in [2.75, 3.05) is 13.2 Å². The van der Waals surface area contributed by atoms with Gasteiger partial charge in [-0.3, -0.25) is 10.1 Å². The number of hydrogen-bond donors (Lipinski definition) is 1. The van der Waals surface area contributed by atoms with Crippen molar-refractivity contribution >= 4 is 11.7 Å². The van der Waals surface area contributed by atoms with Crippen LogP contribution in [0.1, 0.15) is 19.4 Å². The van der Waals surface area contributed by atoms with Crippen molar-refractivity contribution in [3.05, 3.63) is 33.9 Å². The van der Waals surface area contributed by atoms with Gasteiger partial charge in [0.05, 0.1) is 11.5 Å². The van der Waals surface area contributed by atoms with Crippen LogP contribution in [-0.2, 0) is 9.53 Å². The summed E-state index contributed by atoms with van der Waals surface area (Å²) in [5, 5.41) is 10.9. The highest BCUT2D eigenvalue weighted by atomic mass is 16.6. The lowest BCUT2D eigenvalue weighted by Crippen LogP contribution is -2.51. The van der Waals surface area contributed by atoms with E-state index in [9.17, 15) is 14.9 Å². The minimum absolute atomic E-state index is 0.110. The molecule has 7 nitrogen and oxygen atoms in total. The number of nitro benzene ring substituents is 1. The first-order valence-electron chi connectivity index (χ1n) is 6.12. The SMILES string of the molecule is CCOC(=O)C(C)(N)COc1c(C)cccc1[N+](=O)[O-]. The fourth-order valence-electron chi connectivity index (χ4n) is 1.55. The van der Waals surface area contributed by atoms with Crippen molar-refractivity contribution in [1.29, 1.82) is 0 Å². The Hall–Kier alpha value is -2.15. The minimum atomic E-state index is -1.37. The van der Waals surface area contributed by atoms with Crippen LogP contribution >= 0.6 is 0 Å². The molecule has 1 atom stereocenters. The lowest BCUT2D eigenvalue weighted by Gasteiger charge is -2.22. The van der Waals surface area contributed by atoms with Crippen LogP contribution in [0.2, 0.25) is 0 Å². The van der Waals surface area contributed by atoms with E-state index in [1.54, 1.807) is 26.0 Å². The molecule has 20 heavy (non-hydrogen) atoms. The number of nitrogens with two attached hydrogens (primary N) is 1. The van der Waals surface area contributed by atoms with Gasteiger partial charge in [-0.25, -0.2) is 4.79 Å². The zero-order chi connectivity index (χ0) is 15.3. The molecule has 0 radical (unpaired) electrons. The zero-order valence-corrected chi connectivity index (χ0v) is 11.7. The van der Waals surface area contributed by atoms with Gasteiger partial charge in [0, 0.05) is 6.07 Å². The molecule has 1 aromatic rings. The summed E-state index contributed by atoms with van der Waals surface area (Å²) >= 11 is 0. The molecule has 1 rings (SSSR count). The van der Waals surface area contributed by atoms with E-state index in [2.05, 4.69) is 0 Å². The van der Waals surface area contributed by atoms with Crippen molar-refractivity contribution in [1.82, 2.24) is 0 Å². The molecule has 0 aliphatic heterocycles. The summed E-state index contributed by atoms with van der Waals surface area (Å²) in [6, 6.07) is 4.58. The third-order valence-electron chi connectivity index (χ3n) is 2.65. The number of hydrogen-bond acceptors (Lipinski definition) is 6. The van der Waals surface area contributed by atoms with E-state index in [0.29, 0.717) is 5.56 Å². The largest absolute Gasteiger partial charge is 0.484 e. The number of aryl methyl sites for hydroxylation is 1. The fraction of sp³-hybridized carbons (Fsp3) is 0.462. The summed E-state index contributed by atoms with van der Waals surface area (Å²) in [6.45, 7) is 4.80. The monoisotopic (exact) mass is 282 g/mol. The molecule has 1 aromatic carbocycles. The number of esters is 1. The van der Waals surface area contributed by atoms with Crippen LogP contribution in [0.3, 0.4) is 0 Å². The Morgan fingerprint density at radius 3 is 2.70 bits per heavy atom. The number of benzene rings is 1. The molecule has 0 saturated heterocycles.